The van der Waals surface area contributed by atoms with Gasteiger partial charge in [-0.25, -0.2) is 9.78 Å². The zero-order valence-corrected chi connectivity index (χ0v) is 22.5. The fourth-order valence-corrected chi connectivity index (χ4v) is 4.59. The third-order valence-electron chi connectivity index (χ3n) is 6.14. The molecule has 0 bridgehead atoms. The molecule has 3 rings (SSSR count). The van der Waals surface area contributed by atoms with Crippen LogP contribution in [-0.2, 0) is 20.7 Å². The molecule has 0 radical (unpaired) electrons. The van der Waals surface area contributed by atoms with E-state index in [1.165, 1.54) is 0 Å². The zero-order valence-electron chi connectivity index (χ0n) is 21.0. The van der Waals surface area contributed by atoms with Crippen LogP contribution < -0.4 is 0 Å². The number of oxazole rings is 1. The van der Waals surface area contributed by atoms with E-state index in [9.17, 15) is 9.59 Å². The van der Waals surface area contributed by atoms with Crippen molar-refractivity contribution < 1.29 is 23.5 Å². The highest BCUT2D eigenvalue weighted by Crippen LogP contribution is 2.31. The number of esters is 1. The molecule has 1 fully saturated rings. The second-order valence-electron chi connectivity index (χ2n) is 9.89. The lowest BCUT2D eigenvalue weighted by Crippen LogP contribution is -2.42. The van der Waals surface area contributed by atoms with Crippen LogP contribution in [0.3, 0.4) is 0 Å². The van der Waals surface area contributed by atoms with Gasteiger partial charge in [-0.2, -0.15) is 0 Å². The number of piperidine rings is 1. The van der Waals surface area contributed by atoms with Crippen LogP contribution >= 0.6 is 23.2 Å². The number of likely N-dealkylation sites (tertiary alicyclic amines) is 1. The standard InChI is InChI=1S/C26H34Cl2N2O5/c1-6-19(24(31)35-26(3,4)5)17-9-12-30(13-10-17)25(32)33-14-11-22-16(2)34-23(29-22)18-7-8-20(27)21(28)15-18/h7-8,15,17,19H,6,9-14H2,1-5H3. The molecule has 192 valence electrons. The van der Waals surface area contributed by atoms with Crippen LogP contribution in [0.5, 0.6) is 0 Å². The van der Waals surface area contributed by atoms with E-state index in [-0.39, 0.29) is 30.5 Å². The van der Waals surface area contributed by atoms with E-state index in [4.69, 9.17) is 37.1 Å². The van der Waals surface area contributed by atoms with Gasteiger partial charge in [-0.15, -0.1) is 0 Å². The first-order valence-electron chi connectivity index (χ1n) is 12.0. The van der Waals surface area contributed by atoms with Crippen molar-refractivity contribution in [3.63, 3.8) is 0 Å². The summed E-state index contributed by atoms with van der Waals surface area (Å²) in [6.07, 6.45) is 2.32. The van der Waals surface area contributed by atoms with Gasteiger partial charge in [-0.3, -0.25) is 4.79 Å². The van der Waals surface area contributed by atoms with E-state index in [0.717, 1.165) is 30.5 Å². The summed E-state index contributed by atoms with van der Waals surface area (Å²) in [5.41, 5.74) is 0.950. The van der Waals surface area contributed by atoms with Gasteiger partial charge >= 0.3 is 12.1 Å². The van der Waals surface area contributed by atoms with E-state index in [2.05, 4.69) is 4.98 Å². The van der Waals surface area contributed by atoms with Crippen LogP contribution in [0, 0.1) is 18.8 Å². The maximum absolute atomic E-state index is 12.6. The molecule has 1 aliphatic rings. The zero-order chi connectivity index (χ0) is 25.8. The topological polar surface area (TPSA) is 81.9 Å². The van der Waals surface area contributed by atoms with Gasteiger partial charge in [0.25, 0.3) is 0 Å². The fraction of sp³-hybridized carbons (Fsp3) is 0.577. The van der Waals surface area contributed by atoms with Crippen molar-refractivity contribution in [3.8, 4) is 11.5 Å². The molecule has 1 unspecified atom stereocenters. The number of ether oxygens (including phenoxy) is 2. The lowest BCUT2D eigenvalue weighted by molar-refractivity contribution is -0.162. The van der Waals surface area contributed by atoms with Crippen LogP contribution in [-0.4, -0.2) is 47.2 Å². The van der Waals surface area contributed by atoms with Crippen molar-refractivity contribution >= 4 is 35.3 Å². The van der Waals surface area contributed by atoms with Crippen LogP contribution in [0.2, 0.25) is 10.0 Å². The molecule has 0 aliphatic carbocycles. The molecule has 1 aromatic carbocycles. The van der Waals surface area contributed by atoms with Gasteiger partial charge in [-0.05, 0) is 71.1 Å². The Bertz CT molecular complexity index is 1040. The molecule has 1 saturated heterocycles. The van der Waals surface area contributed by atoms with Crippen molar-refractivity contribution in [1.29, 1.82) is 0 Å². The van der Waals surface area contributed by atoms with Crippen LogP contribution in [0.4, 0.5) is 4.79 Å². The molecular formula is C26H34Cl2N2O5. The minimum Gasteiger partial charge on any atom is -0.460 e. The van der Waals surface area contributed by atoms with E-state index >= 15 is 0 Å². The molecule has 7 nitrogen and oxygen atoms in total. The Morgan fingerprint density at radius 2 is 1.89 bits per heavy atom. The highest BCUT2D eigenvalue weighted by molar-refractivity contribution is 6.42. The summed E-state index contributed by atoms with van der Waals surface area (Å²) in [6.45, 7) is 10.8. The lowest BCUT2D eigenvalue weighted by atomic mass is 9.82. The number of aromatic nitrogens is 1. The number of nitrogens with zero attached hydrogens (tertiary/aromatic N) is 2. The van der Waals surface area contributed by atoms with Crippen molar-refractivity contribution in [2.45, 2.75) is 65.9 Å². The number of hydrogen-bond donors (Lipinski definition) is 0. The normalized spacial score (nSPS) is 15.7. The van der Waals surface area contributed by atoms with E-state index in [1.54, 1.807) is 23.1 Å². The first kappa shape index (κ1) is 27.3. The lowest BCUT2D eigenvalue weighted by Gasteiger charge is -2.35. The summed E-state index contributed by atoms with van der Waals surface area (Å²) in [5.74, 6) is 1.02. The number of carbonyl (C=O) groups excluding carboxylic acids is 2. The van der Waals surface area contributed by atoms with Gasteiger partial charge in [0.2, 0.25) is 5.89 Å². The largest absolute Gasteiger partial charge is 0.460 e. The Morgan fingerprint density at radius 1 is 1.20 bits per heavy atom. The number of benzene rings is 1. The second kappa shape index (κ2) is 11.7. The first-order chi connectivity index (χ1) is 16.5. The van der Waals surface area contributed by atoms with Gasteiger partial charge in [-0.1, -0.05) is 30.1 Å². The van der Waals surface area contributed by atoms with Crippen molar-refractivity contribution in [3.05, 3.63) is 39.7 Å². The molecule has 1 amide bonds. The molecule has 1 atom stereocenters. The average molecular weight is 525 g/mol. The minimum atomic E-state index is -0.500. The summed E-state index contributed by atoms with van der Waals surface area (Å²) in [5, 5.41) is 0.889. The molecule has 2 aromatic rings. The summed E-state index contributed by atoms with van der Waals surface area (Å²) >= 11 is 12.1. The Morgan fingerprint density at radius 3 is 2.49 bits per heavy atom. The summed E-state index contributed by atoms with van der Waals surface area (Å²) in [6, 6.07) is 5.19. The number of amides is 1. The number of carbonyl (C=O) groups is 2. The number of rotatable bonds is 7. The molecule has 35 heavy (non-hydrogen) atoms. The van der Waals surface area contributed by atoms with Crippen LogP contribution in [0.15, 0.2) is 22.6 Å². The van der Waals surface area contributed by atoms with Crippen LogP contribution in [0.1, 0.15) is 58.4 Å². The van der Waals surface area contributed by atoms with Crippen molar-refractivity contribution in [2.24, 2.45) is 11.8 Å². The van der Waals surface area contributed by atoms with E-state index < -0.39 is 5.60 Å². The molecule has 1 aromatic heterocycles. The average Bonchev–Trinajstić information content (AvgIpc) is 3.15. The summed E-state index contributed by atoms with van der Waals surface area (Å²) < 4.78 is 16.9. The molecule has 1 aliphatic heterocycles. The van der Waals surface area contributed by atoms with Gasteiger partial charge < -0.3 is 18.8 Å². The number of aryl methyl sites for hydroxylation is 1. The maximum atomic E-state index is 12.6. The third kappa shape index (κ3) is 7.37. The van der Waals surface area contributed by atoms with Gasteiger partial charge in [0.05, 0.1) is 28.3 Å². The second-order valence-corrected chi connectivity index (χ2v) is 10.7. The SMILES string of the molecule is CCC(C(=O)OC(C)(C)C)C1CCN(C(=O)OCCc2nc(-c3ccc(Cl)c(Cl)c3)oc2C)CC1. The fourth-order valence-electron chi connectivity index (χ4n) is 4.29. The highest BCUT2D eigenvalue weighted by Gasteiger charge is 2.34. The summed E-state index contributed by atoms with van der Waals surface area (Å²) in [7, 11) is 0. The first-order valence-corrected chi connectivity index (χ1v) is 12.8. The Labute approximate surface area is 217 Å². The monoisotopic (exact) mass is 524 g/mol. The predicted octanol–water partition coefficient (Wildman–Crippen LogP) is 6.72. The van der Waals surface area contributed by atoms with Crippen molar-refractivity contribution in [1.82, 2.24) is 9.88 Å². The van der Waals surface area contributed by atoms with Crippen LogP contribution in [0.25, 0.3) is 11.5 Å². The smallest absolute Gasteiger partial charge is 0.409 e. The summed E-state index contributed by atoms with van der Waals surface area (Å²) in [4.78, 5) is 31.4. The van der Waals surface area contributed by atoms with Gasteiger partial charge in [0.1, 0.15) is 11.4 Å². The number of hydrogen-bond acceptors (Lipinski definition) is 6. The Hall–Kier alpha value is -2.25. The Balaban J connectivity index is 1.48. The molecule has 0 N–H and O–H groups in total. The highest BCUT2D eigenvalue weighted by atomic mass is 35.5. The minimum absolute atomic E-state index is 0.146. The van der Waals surface area contributed by atoms with Crippen molar-refractivity contribution in [2.75, 3.05) is 19.7 Å². The Kier molecular flexibility index (Phi) is 9.11. The van der Waals surface area contributed by atoms with E-state index in [1.807, 2.05) is 34.6 Å². The van der Waals surface area contributed by atoms with Gasteiger partial charge in [0.15, 0.2) is 0 Å². The molecular weight excluding hydrogens is 491 g/mol. The molecule has 9 heteroatoms. The molecule has 2 heterocycles. The molecule has 0 spiro atoms. The van der Waals surface area contributed by atoms with Gasteiger partial charge in [0, 0.05) is 25.1 Å². The quantitative estimate of drug-likeness (QED) is 0.374. The predicted molar refractivity (Wildman–Crippen MR) is 136 cm³/mol. The number of halogens is 2. The third-order valence-corrected chi connectivity index (χ3v) is 6.88. The maximum Gasteiger partial charge on any atom is 0.409 e. The van der Waals surface area contributed by atoms with E-state index in [0.29, 0.717) is 41.2 Å². The molecule has 0 saturated carbocycles.